The predicted octanol–water partition coefficient (Wildman–Crippen LogP) is 9.83. The molecular formula is C47H60O7. The summed E-state index contributed by atoms with van der Waals surface area (Å²) in [5.41, 5.74) is 3.54. The van der Waals surface area contributed by atoms with Gasteiger partial charge in [0.2, 0.25) is 0 Å². The Labute approximate surface area is 322 Å². The molecule has 2 fully saturated rings. The predicted molar refractivity (Wildman–Crippen MR) is 214 cm³/mol. The van der Waals surface area contributed by atoms with Crippen LogP contribution in [0.5, 0.6) is 23.0 Å². The first-order valence-corrected chi connectivity index (χ1v) is 19.8. The van der Waals surface area contributed by atoms with Crippen molar-refractivity contribution in [3.63, 3.8) is 0 Å². The van der Waals surface area contributed by atoms with Crippen molar-refractivity contribution in [3.05, 3.63) is 119 Å². The lowest BCUT2D eigenvalue weighted by molar-refractivity contribution is -0.00986. The minimum Gasteiger partial charge on any atom is -0.491 e. The molecule has 0 saturated carbocycles. The summed E-state index contributed by atoms with van der Waals surface area (Å²) in [6, 6.07) is 33.3. The fraction of sp³-hybridized carbons (Fsp3) is 0.489. The van der Waals surface area contributed by atoms with Crippen LogP contribution < -0.4 is 18.9 Å². The lowest BCUT2D eigenvalue weighted by atomic mass is 9.78. The second-order valence-corrected chi connectivity index (χ2v) is 16.4. The van der Waals surface area contributed by atoms with E-state index in [4.69, 9.17) is 28.4 Å². The summed E-state index contributed by atoms with van der Waals surface area (Å²) in [6.07, 6.45) is 2.59. The van der Waals surface area contributed by atoms with E-state index in [2.05, 4.69) is 116 Å². The molecule has 2 aliphatic heterocycles. The van der Waals surface area contributed by atoms with E-state index in [1.54, 1.807) is 0 Å². The van der Waals surface area contributed by atoms with Crippen molar-refractivity contribution in [2.75, 3.05) is 26.4 Å². The highest BCUT2D eigenvalue weighted by Crippen LogP contribution is 2.38. The maximum atomic E-state index is 11.2. The van der Waals surface area contributed by atoms with Gasteiger partial charge in [0.1, 0.15) is 59.6 Å². The number of aliphatic hydroxyl groups is 1. The van der Waals surface area contributed by atoms with Crippen LogP contribution in [-0.4, -0.2) is 61.0 Å². The van der Waals surface area contributed by atoms with E-state index in [1.807, 2.05) is 36.4 Å². The molecule has 0 bridgehead atoms. The zero-order valence-electron chi connectivity index (χ0n) is 33.5. The third kappa shape index (κ3) is 9.42. The van der Waals surface area contributed by atoms with Gasteiger partial charge in [-0.05, 0) is 97.0 Å². The summed E-state index contributed by atoms with van der Waals surface area (Å²) in [5.74, 6) is 3.24. The van der Waals surface area contributed by atoms with Gasteiger partial charge in [-0.25, -0.2) is 0 Å². The Balaban J connectivity index is 1.01. The van der Waals surface area contributed by atoms with Crippen LogP contribution in [0.3, 0.4) is 0 Å². The van der Waals surface area contributed by atoms with Gasteiger partial charge in [0.25, 0.3) is 0 Å². The molecule has 4 aromatic rings. The topological polar surface area (TPSA) is 82.2 Å². The standard InChI is InChI=1S/C47H60O7/c1-9-46(8,43-32-52-43)53-40-24-16-35(17-25-40)44(4,5)33-12-20-38(21-13-33)49-29-37(48)28-47(10-2,11-3)54-41-26-18-36(19-27-41)45(6,7)34-14-22-39(23-15-34)50-30-42-31-51-42/h12-27,37,42-43,48H,9-11,28-32H2,1-8H3. The van der Waals surface area contributed by atoms with Crippen LogP contribution in [0.2, 0.25) is 0 Å². The van der Waals surface area contributed by atoms with Gasteiger partial charge in [-0.15, -0.1) is 0 Å². The quantitative estimate of drug-likeness (QED) is 0.0905. The molecule has 4 atom stereocenters. The van der Waals surface area contributed by atoms with Crippen LogP contribution in [0.15, 0.2) is 97.1 Å². The van der Waals surface area contributed by atoms with E-state index < -0.39 is 11.7 Å². The second kappa shape index (κ2) is 16.4. The van der Waals surface area contributed by atoms with Crippen molar-refractivity contribution in [1.29, 1.82) is 0 Å². The zero-order chi connectivity index (χ0) is 38.6. The van der Waals surface area contributed by atoms with E-state index >= 15 is 0 Å². The first-order valence-electron chi connectivity index (χ1n) is 19.8. The van der Waals surface area contributed by atoms with Gasteiger partial charge in [-0.3, -0.25) is 0 Å². The molecule has 4 unspecified atom stereocenters. The molecule has 1 N–H and O–H groups in total. The van der Waals surface area contributed by atoms with E-state index in [1.165, 1.54) is 22.3 Å². The van der Waals surface area contributed by atoms with Crippen LogP contribution >= 0.6 is 0 Å². The molecular weight excluding hydrogens is 677 g/mol. The maximum Gasteiger partial charge on any atom is 0.134 e. The van der Waals surface area contributed by atoms with Crippen molar-refractivity contribution >= 4 is 0 Å². The number of aliphatic hydroxyl groups excluding tert-OH is 1. The van der Waals surface area contributed by atoms with Crippen molar-refractivity contribution < 1.29 is 33.5 Å². The molecule has 4 aromatic carbocycles. The molecule has 0 aromatic heterocycles. The highest BCUT2D eigenvalue weighted by molar-refractivity contribution is 5.43. The van der Waals surface area contributed by atoms with Gasteiger partial charge in [0.15, 0.2) is 0 Å². The van der Waals surface area contributed by atoms with Gasteiger partial charge < -0.3 is 33.5 Å². The summed E-state index contributed by atoms with van der Waals surface area (Å²) in [6.45, 7) is 19.7. The van der Waals surface area contributed by atoms with Gasteiger partial charge >= 0.3 is 0 Å². The Morgan fingerprint density at radius 2 is 0.981 bits per heavy atom. The smallest absolute Gasteiger partial charge is 0.134 e. The molecule has 2 aliphatic rings. The van der Waals surface area contributed by atoms with Crippen molar-refractivity contribution in [1.82, 2.24) is 0 Å². The van der Waals surface area contributed by atoms with Crippen molar-refractivity contribution in [2.45, 2.75) is 121 Å². The average molecular weight is 737 g/mol. The first-order chi connectivity index (χ1) is 25.8. The minimum atomic E-state index is -0.690. The van der Waals surface area contributed by atoms with Crippen LogP contribution in [0.4, 0.5) is 0 Å². The van der Waals surface area contributed by atoms with E-state index in [9.17, 15) is 5.11 Å². The summed E-state index contributed by atoms with van der Waals surface area (Å²) in [7, 11) is 0. The second-order valence-electron chi connectivity index (χ2n) is 16.4. The van der Waals surface area contributed by atoms with E-state index in [0.717, 1.165) is 55.5 Å². The molecule has 2 saturated heterocycles. The average Bonchev–Trinajstić information content (AvgIpc) is 4.12. The molecule has 54 heavy (non-hydrogen) atoms. The lowest BCUT2D eigenvalue weighted by Crippen LogP contribution is -2.40. The third-order valence-electron chi connectivity index (χ3n) is 11.9. The Hall–Kier alpha value is -4.04. The van der Waals surface area contributed by atoms with Gasteiger partial charge in [0, 0.05) is 17.3 Å². The molecule has 0 spiro atoms. The van der Waals surface area contributed by atoms with E-state index in [0.29, 0.717) is 13.0 Å². The monoisotopic (exact) mass is 736 g/mol. The zero-order valence-corrected chi connectivity index (χ0v) is 33.5. The first kappa shape index (κ1) is 39.6. The van der Waals surface area contributed by atoms with Crippen LogP contribution in [-0.2, 0) is 20.3 Å². The SMILES string of the molecule is CCC(CC)(CC(O)COc1ccc(C(C)(C)c2ccc(OC(C)(CC)C3CO3)cc2)cc1)Oc1ccc(C(C)(C)c2ccc(OCC3CO3)cc2)cc1. The minimum absolute atomic E-state index is 0.168. The van der Waals surface area contributed by atoms with Gasteiger partial charge in [0.05, 0.1) is 19.3 Å². The number of benzene rings is 4. The molecule has 7 heteroatoms. The molecule has 290 valence electrons. The van der Waals surface area contributed by atoms with Crippen LogP contribution in [0.25, 0.3) is 0 Å². The number of ether oxygens (including phenoxy) is 6. The van der Waals surface area contributed by atoms with E-state index in [-0.39, 0.29) is 35.2 Å². The highest BCUT2D eigenvalue weighted by atomic mass is 16.6. The number of hydrogen-bond donors (Lipinski definition) is 1. The maximum absolute atomic E-state index is 11.2. The lowest BCUT2D eigenvalue weighted by Gasteiger charge is -2.35. The molecule has 0 aliphatic carbocycles. The van der Waals surface area contributed by atoms with Gasteiger partial charge in [-0.2, -0.15) is 0 Å². The molecule has 7 nitrogen and oxygen atoms in total. The fourth-order valence-corrected chi connectivity index (χ4v) is 7.19. The third-order valence-corrected chi connectivity index (χ3v) is 11.9. The molecule has 0 amide bonds. The Bertz CT molecular complexity index is 1770. The van der Waals surface area contributed by atoms with Crippen molar-refractivity contribution in [3.8, 4) is 23.0 Å². The molecule has 0 radical (unpaired) electrons. The Kier molecular flexibility index (Phi) is 12.0. The van der Waals surface area contributed by atoms with Gasteiger partial charge in [-0.1, -0.05) is 97.0 Å². The largest absolute Gasteiger partial charge is 0.491 e. The summed E-state index contributed by atoms with van der Waals surface area (Å²) in [4.78, 5) is 0. The number of epoxide rings is 2. The number of hydrogen-bond acceptors (Lipinski definition) is 7. The van der Waals surface area contributed by atoms with Crippen LogP contribution in [0.1, 0.15) is 103 Å². The normalized spacial score (nSPS) is 18.7. The fourth-order valence-electron chi connectivity index (χ4n) is 7.19. The summed E-state index contributed by atoms with van der Waals surface area (Å²) < 4.78 is 35.7. The molecule has 2 heterocycles. The number of rotatable bonds is 20. The Morgan fingerprint density at radius 1 is 0.574 bits per heavy atom. The van der Waals surface area contributed by atoms with Crippen LogP contribution in [0, 0.1) is 0 Å². The molecule has 6 rings (SSSR count). The highest BCUT2D eigenvalue weighted by Gasteiger charge is 2.44. The summed E-state index contributed by atoms with van der Waals surface area (Å²) in [5, 5.41) is 11.2. The summed E-state index contributed by atoms with van der Waals surface area (Å²) >= 11 is 0. The van der Waals surface area contributed by atoms with Crippen molar-refractivity contribution in [2.24, 2.45) is 0 Å². The Morgan fingerprint density at radius 3 is 1.37 bits per heavy atom.